The third-order valence-electron chi connectivity index (χ3n) is 2.10. The molecule has 0 radical (unpaired) electrons. The molecule has 0 fully saturated rings. The predicted octanol–water partition coefficient (Wildman–Crippen LogP) is 2.48. The quantitative estimate of drug-likeness (QED) is 0.838. The Bertz CT molecular complexity index is 283. The molecule has 0 saturated carbocycles. The summed E-state index contributed by atoms with van der Waals surface area (Å²) in [6, 6.07) is 7.61. The van der Waals surface area contributed by atoms with Crippen LogP contribution in [-0.4, -0.2) is 11.2 Å². The molecule has 1 aromatic rings. The van der Waals surface area contributed by atoms with Gasteiger partial charge in [-0.1, -0.05) is 25.1 Å². The third kappa shape index (κ3) is 3.38. The predicted molar refractivity (Wildman–Crippen MR) is 69.6 cm³/mol. The average molecular weight is 328 g/mol. The summed E-state index contributed by atoms with van der Waals surface area (Å²) in [7, 11) is 0. The Morgan fingerprint density at radius 2 is 2.00 bits per heavy atom. The van der Waals surface area contributed by atoms with Crippen LogP contribution in [0.1, 0.15) is 24.9 Å². The molecule has 4 heteroatoms. The highest BCUT2D eigenvalue weighted by Gasteiger charge is 2.16. The number of benzene rings is 1. The number of aliphatic hydroxyl groups excluding tert-OH is 1. The Morgan fingerprint density at radius 3 is 2.50 bits per heavy atom. The Balaban J connectivity index is 0.00000169. The first-order valence-corrected chi connectivity index (χ1v) is 5.42. The molecule has 0 aliphatic rings. The Kier molecular flexibility index (Phi) is 6.68. The van der Waals surface area contributed by atoms with E-state index in [9.17, 15) is 5.11 Å². The Hall–Kier alpha value is 0.160. The fraction of sp³-hybridized carbons (Fsp3) is 0.400. The van der Waals surface area contributed by atoms with E-state index >= 15 is 0 Å². The molecular weight excluding hydrogens is 312 g/mol. The van der Waals surface area contributed by atoms with E-state index in [0.29, 0.717) is 6.42 Å². The minimum atomic E-state index is -0.448. The molecule has 14 heavy (non-hydrogen) atoms. The van der Waals surface area contributed by atoms with Crippen LogP contribution < -0.4 is 5.73 Å². The van der Waals surface area contributed by atoms with Gasteiger partial charge in [-0.2, -0.15) is 0 Å². The van der Waals surface area contributed by atoms with Crippen molar-refractivity contribution in [3.8, 4) is 0 Å². The van der Waals surface area contributed by atoms with Crippen molar-refractivity contribution in [2.75, 3.05) is 0 Å². The van der Waals surface area contributed by atoms with E-state index in [1.165, 1.54) is 0 Å². The van der Waals surface area contributed by atoms with Crippen LogP contribution in [0.4, 0.5) is 0 Å². The second-order valence-corrected chi connectivity index (χ2v) is 4.19. The highest BCUT2D eigenvalue weighted by Crippen LogP contribution is 2.21. The first-order chi connectivity index (χ1) is 6.16. The van der Waals surface area contributed by atoms with Crippen LogP contribution in [0.15, 0.2) is 24.3 Å². The summed E-state index contributed by atoms with van der Waals surface area (Å²) in [5.41, 5.74) is 6.92. The largest absolute Gasteiger partial charge is 0.391 e. The molecule has 2 nitrogen and oxygen atoms in total. The standard InChI is InChI=1S/C10H14INO.ClH/c1-2-9(13)10(12)7-5-3-4-6-8(7)11;/h3-6,9-10,13H,2,12H2,1H3;1H/t9-,10+;/m0./s1. The number of halogens is 2. The fourth-order valence-electron chi connectivity index (χ4n) is 1.21. The van der Waals surface area contributed by atoms with E-state index in [1.807, 2.05) is 31.2 Å². The molecule has 3 N–H and O–H groups in total. The first kappa shape index (κ1) is 14.2. The van der Waals surface area contributed by atoms with Crippen molar-refractivity contribution in [1.29, 1.82) is 0 Å². The SMILES string of the molecule is CC[C@H](O)[C@H](N)c1ccccc1I.Cl. The van der Waals surface area contributed by atoms with Crippen LogP contribution in [-0.2, 0) is 0 Å². The lowest BCUT2D eigenvalue weighted by Crippen LogP contribution is -2.26. The van der Waals surface area contributed by atoms with E-state index in [2.05, 4.69) is 22.6 Å². The molecule has 0 saturated heterocycles. The second kappa shape index (κ2) is 6.61. The Morgan fingerprint density at radius 1 is 1.43 bits per heavy atom. The van der Waals surface area contributed by atoms with Crippen molar-refractivity contribution >= 4 is 35.0 Å². The summed E-state index contributed by atoms with van der Waals surface area (Å²) in [4.78, 5) is 0. The van der Waals surface area contributed by atoms with E-state index in [0.717, 1.165) is 9.13 Å². The minimum absolute atomic E-state index is 0. The molecule has 2 atom stereocenters. The maximum Gasteiger partial charge on any atom is 0.0730 e. The number of rotatable bonds is 3. The van der Waals surface area contributed by atoms with Gasteiger partial charge in [0.15, 0.2) is 0 Å². The molecular formula is C10H15ClINO. The molecule has 0 aromatic heterocycles. The van der Waals surface area contributed by atoms with Gasteiger partial charge in [0.05, 0.1) is 12.1 Å². The molecule has 0 aliphatic carbocycles. The van der Waals surface area contributed by atoms with Crippen LogP contribution in [0, 0.1) is 3.57 Å². The zero-order valence-electron chi connectivity index (χ0n) is 7.98. The van der Waals surface area contributed by atoms with E-state index in [1.54, 1.807) is 0 Å². The molecule has 0 amide bonds. The number of nitrogens with two attached hydrogens (primary N) is 1. The maximum atomic E-state index is 9.58. The maximum absolute atomic E-state index is 9.58. The van der Waals surface area contributed by atoms with Crippen LogP contribution in [0.3, 0.4) is 0 Å². The summed E-state index contributed by atoms with van der Waals surface area (Å²) in [6.07, 6.45) is 0.238. The van der Waals surface area contributed by atoms with E-state index in [4.69, 9.17) is 5.73 Å². The lowest BCUT2D eigenvalue weighted by molar-refractivity contribution is 0.140. The average Bonchev–Trinajstić information content (AvgIpc) is 2.16. The topological polar surface area (TPSA) is 46.2 Å². The summed E-state index contributed by atoms with van der Waals surface area (Å²) >= 11 is 2.23. The highest BCUT2D eigenvalue weighted by molar-refractivity contribution is 14.1. The van der Waals surface area contributed by atoms with Gasteiger partial charge >= 0.3 is 0 Å². The van der Waals surface area contributed by atoms with Crippen LogP contribution >= 0.6 is 35.0 Å². The molecule has 1 aromatic carbocycles. The van der Waals surface area contributed by atoms with Gasteiger partial charge in [-0.05, 0) is 40.6 Å². The van der Waals surface area contributed by atoms with Gasteiger partial charge in [0.2, 0.25) is 0 Å². The molecule has 1 rings (SSSR count). The number of hydrogen-bond acceptors (Lipinski definition) is 2. The molecule has 0 bridgehead atoms. The summed E-state index contributed by atoms with van der Waals surface area (Å²) in [6.45, 7) is 1.93. The summed E-state index contributed by atoms with van der Waals surface area (Å²) in [5.74, 6) is 0. The summed E-state index contributed by atoms with van der Waals surface area (Å²) < 4.78 is 1.11. The van der Waals surface area contributed by atoms with E-state index < -0.39 is 6.10 Å². The van der Waals surface area contributed by atoms with Crippen molar-refractivity contribution in [3.05, 3.63) is 33.4 Å². The monoisotopic (exact) mass is 327 g/mol. The van der Waals surface area contributed by atoms with Gasteiger partial charge in [-0.15, -0.1) is 12.4 Å². The highest BCUT2D eigenvalue weighted by atomic mass is 127. The van der Waals surface area contributed by atoms with Crippen LogP contribution in [0.5, 0.6) is 0 Å². The lowest BCUT2D eigenvalue weighted by atomic mass is 10.0. The van der Waals surface area contributed by atoms with Crippen molar-refractivity contribution in [1.82, 2.24) is 0 Å². The molecule has 0 unspecified atom stereocenters. The van der Waals surface area contributed by atoms with Crippen molar-refractivity contribution in [2.24, 2.45) is 5.73 Å². The van der Waals surface area contributed by atoms with Gasteiger partial charge in [-0.3, -0.25) is 0 Å². The minimum Gasteiger partial charge on any atom is -0.391 e. The van der Waals surface area contributed by atoms with Crippen molar-refractivity contribution in [3.63, 3.8) is 0 Å². The second-order valence-electron chi connectivity index (χ2n) is 3.02. The zero-order valence-corrected chi connectivity index (χ0v) is 11.0. The summed E-state index contributed by atoms with van der Waals surface area (Å²) in [5, 5.41) is 9.58. The molecule has 0 heterocycles. The lowest BCUT2D eigenvalue weighted by Gasteiger charge is -2.18. The smallest absolute Gasteiger partial charge is 0.0730 e. The third-order valence-corrected chi connectivity index (χ3v) is 3.08. The van der Waals surface area contributed by atoms with Gasteiger partial charge in [0, 0.05) is 3.57 Å². The van der Waals surface area contributed by atoms with Crippen molar-refractivity contribution in [2.45, 2.75) is 25.5 Å². The molecule has 0 aliphatic heterocycles. The van der Waals surface area contributed by atoms with Gasteiger partial charge in [0.1, 0.15) is 0 Å². The normalized spacial score (nSPS) is 14.3. The van der Waals surface area contributed by atoms with Crippen molar-refractivity contribution < 1.29 is 5.11 Å². The first-order valence-electron chi connectivity index (χ1n) is 4.35. The zero-order chi connectivity index (χ0) is 9.84. The van der Waals surface area contributed by atoms with Crippen LogP contribution in [0.25, 0.3) is 0 Å². The fourth-order valence-corrected chi connectivity index (χ4v) is 1.95. The van der Waals surface area contributed by atoms with Gasteiger partial charge < -0.3 is 10.8 Å². The number of aliphatic hydroxyl groups is 1. The molecule has 0 spiro atoms. The van der Waals surface area contributed by atoms with Crippen LogP contribution in [0.2, 0.25) is 0 Å². The molecule has 80 valence electrons. The number of hydrogen-bond donors (Lipinski definition) is 2. The van der Waals surface area contributed by atoms with Gasteiger partial charge in [-0.25, -0.2) is 0 Å². The van der Waals surface area contributed by atoms with Gasteiger partial charge in [0.25, 0.3) is 0 Å². The Labute approximate surface area is 104 Å². The van der Waals surface area contributed by atoms with E-state index in [-0.39, 0.29) is 18.4 Å².